The Labute approximate surface area is 173 Å². The molecule has 0 unspecified atom stereocenters. The van der Waals surface area contributed by atoms with Crippen LogP contribution in [0, 0.1) is 5.82 Å². The van der Waals surface area contributed by atoms with Crippen LogP contribution in [-0.2, 0) is 9.59 Å². The maximum Gasteiger partial charge on any atom is 0.266 e. The summed E-state index contributed by atoms with van der Waals surface area (Å²) in [6, 6.07) is 13.4. The van der Waals surface area contributed by atoms with Gasteiger partial charge in [0.05, 0.1) is 4.91 Å². The first-order valence-corrected chi connectivity index (χ1v) is 10.0. The van der Waals surface area contributed by atoms with E-state index in [1.807, 2.05) is 12.1 Å². The Bertz CT molecular complexity index is 949. The van der Waals surface area contributed by atoms with Gasteiger partial charge in [0.15, 0.2) is 0 Å². The highest BCUT2D eigenvalue weighted by molar-refractivity contribution is 9.10. The van der Waals surface area contributed by atoms with Crippen LogP contribution in [0.25, 0.3) is 6.08 Å². The van der Waals surface area contributed by atoms with E-state index in [2.05, 4.69) is 21.2 Å². The van der Waals surface area contributed by atoms with E-state index in [9.17, 15) is 14.0 Å². The smallest absolute Gasteiger partial charge is 0.266 e. The number of anilines is 1. The van der Waals surface area contributed by atoms with Crippen molar-refractivity contribution in [2.45, 2.75) is 6.42 Å². The first-order valence-electron chi connectivity index (χ1n) is 7.99. The van der Waals surface area contributed by atoms with Gasteiger partial charge in [-0.25, -0.2) is 4.39 Å². The zero-order valence-electron chi connectivity index (χ0n) is 13.9. The van der Waals surface area contributed by atoms with Crippen molar-refractivity contribution in [2.24, 2.45) is 0 Å². The Morgan fingerprint density at radius 2 is 2.04 bits per heavy atom. The minimum atomic E-state index is -0.406. The standard InChI is InChI=1S/C19H14BrFN2O2S2/c20-13-5-3-6-14(11-13)22-17(24)8-9-23-18(25)16(27-19(23)26)10-12-4-1-2-7-15(12)21/h1-7,10-11H,8-9H2,(H,22,24)/b16-10-. The molecule has 1 fully saturated rings. The predicted octanol–water partition coefficient (Wildman–Crippen LogP) is 4.82. The molecule has 0 bridgehead atoms. The average molecular weight is 465 g/mol. The van der Waals surface area contributed by atoms with E-state index in [0.717, 1.165) is 16.2 Å². The molecule has 0 aliphatic carbocycles. The number of hydrogen-bond acceptors (Lipinski definition) is 4. The number of rotatable bonds is 5. The van der Waals surface area contributed by atoms with Gasteiger partial charge in [-0.2, -0.15) is 0 Å². The molecule has 1 aliphatic rings. The van der Waals surface area contributed by atoms with Crippen LogP contribution in [0.2, 0.25) is 0 Å². The summed E-state index contributed by atoms with van der Waals surface area (Å²) in [5.74, 6) is -0.945. The Hall–Kier alpha value is -2.03. The zero-order valence-corrected chi connectivity index (χ0v) is 17.2. The van der Waals surface area contributed by atoms with Crippen LogP contribution < -0.4 is 5.32 Å². The molecule has 2 amide bonds. The van der Waals surface area contributed by atoms with Crippen LogP contribution in [0.4, 0.5) is 10.1 Å². The molecule has 0 atom stereocenters. The number of carbonyl (C=O) groups excluding carboxylic acids is 2. The third-order valence-corrected chi connectivity index (χ3v) is 5.61. The zero-order chi connectivity index (χ0) is 19.4. The highest BCUT2D eigenvalue weighted by Crippen LogP contribution is 2.33. The minimum absolute atomic E-state index is 0.103. The molecule has 0 spiro atoms. The topological polar surface area (TPSA) is 49.4 Å². The molecule has 1 N–H and O–H groups in total. The highest BCUT2D eigenvalue weighted by atomic mass is 79.9. The second-order valence-corrected chi connectivity index (χ2v) is 8.25. The number of thioether (sulfide) groups is 1. The number of amides is 2. The van der Waals surface area contributed by atoms with Gasteiger partial charge in [-0.15, -0.1) is 0 Å². The monoisotopic (exact) mass is 464 g/mol. The lowest BCUT2D eigenvalue weighted by molar-refractivity contribution is -0.122. The van der Waals surface area contributed by atoms with Crippen LogP contribution in [0.1, 0.15) is 12.0 Å². The van der Waals surface area contributed by atoms with E-state index in [-0.39, 0.29) is 24.8 Å². The third kappa shape index (κ3) is 5.03. The third-order valence-electron chi connectivity index (χ3n) is 3.74. The molecule has 1 heterocycles. The molecule has 2 aromatic rings. The second kappa shape index (κ2) is 8.77. The van der Waals surface area contributed by atoms with Gasteiger partial charge in [-0.1, -0.05) is 64.2 Å². The molecule has 4 nitrogen and oxygen atoms in total. The van der Waals surface area contributed by atoms with Crippen molar-refractivity contribution in [1.82, 2.24) is 4.90 Å². The molecule has 0 aromatic heterocycles. The minimum Gasteiger partial charge on any atom is -0.326 e. The number of nitrogens with one attached hydrogen (secondary N) is 1. The Kier molecular flexibility index (Phi) is 6.41. The van der Waals surface area contributed by atoms with Gasteiger partial charge in [0, 0.05) is 28.7 Å². The van der Waals surface area contributed by atoms with Crippen LogP contribution in [0.15, 0.2) is 57.9 Å². The van der Waals surface area contributed by atoms with E-state index in [1.165, 1.54) is 17.0 Å². The molecule has 3 rings (SSSR count). The summed E-state index contributed by atoms with van der Waals surface area (Å²) in [6.07, 6.45) is 1.59. The van der Waals surface area contributed by atoms with Crippen LogP contribution in [0.5, 0.6) is 0 Å². The highest BCUT2D eigenvalue weighted by Gasteiger charge is 2.32. The summed E-state index contributed by atoms with van der Waals surface area (Å²) < 4.78 is 15.0. The Morgan fingerprint density at radius 3 is 2.78 bits per heavy atom. The van der Waals surface area contributed by atoms with Gasteiger partial charge in [-0.05, 0) is 30.3 Å². The number of carbonyl (C=O) groups is 2. The lowest BCUT2D eigenvalue weighted by Crippen LogP contribution is -2.31. The Morgan fingerprint density at radius 1 is 1.26 bits per heavy atom. The molecule has 2 aromatic carbocycles. The van der Waals surface area contributed by atoms with Gasteiger partial charge in [0.2, 0.25) is 5.91 Å². The number of benzene rings is 2. The fourth-order valence-electron chi connectivity index (χ4n) is 2.43. The first kappa shape index (κ1) is 19.7. The fourth-order valence-corrected chi connectivity index (χ4v) is 4.13. The fraction of sp³-hybridized carbons (Fsp3) is 0.105. The Balaban J connectivity index is 1.62. The predicted molar refractivity (Wildman–Crippen MR) is 114 cm³/mol. The van der Waals surface area contributed by atoms with Crippen LogP contribution in [-0.4, -0.2) is 27.6 Å². The van der Waals surface area contributed by atoms with E-state index in [1.54, 1.807) is 30.3 Å². The molecule has 0 saturated carbocycles. The molecular formula is C19H14BrFN2O2S2. The first-order chi connectivity index (χ1) is 12.9. The van der Waals surface area contributed by atoms with Gasteiger partial charge in [0.1, 0.15) is 10.1 Å². The quantitative estimate of drug-likeness (QED) is 0.508. The van der Waals surface area contributed by atoms with Gasteiger partial charge >= 0.3 is 0 Å². The second-order valence-electron chi connectivity index (χ2n) is 5.66. The largest absolute Gasteiger partial charge is 0.326 e. The van der Waals surface area contributed by atoms with Crippen molar-refractivity contribution in [1.29, 1.82) is 0 Å². The van der Waals surface area contributed by atoms with Crippen molar-refractivity contribution in [3.63, 3.8) is 0 Å². The normalized spacial score (nSPS) is 15.5. The van der Waals surface area contributed by atoms with E-state index >= 15 is 0 Å². The summed E-state index contributed by atoms with van der Waals surface area (Å²) in [7, 11) is 0. The molecule has 1 saturated heterocycles. The molecule has 138 valence electrons. The van der Waals surface area contributed by atoms with Gasteiger partial charge < -0.3 is 5.32 Å². The molecule has 8 heteroatoms. The van der Waals surface area contributed by atoms with Crippen molar-refractivity contribution in [2.75, 3.05) is 11.9 Å². The summed E-state index contributed by atoms with van der Waals surface area (Å²) in [5.41, 5.74) is 0.990. The van der Waals surface area contributed by atoms with E-state index < -0.39 is 5.82 Å². The summed E-state index contributed by atoms with van der Waals surface area (Å²) >= 11 is 9.69. The van der Waals surface area contributed by atoms with Crippen LogP contribution in [0.3, 0.4) is 0 Å². The maximum absolute atomic E-state index is 13.8. The number of hydrogen-bond donors (Lipinski definition) is 1. The SMILES string of the molecule is O=C(CCN1C(=O)/C(=C/c2ccccc2F)SC1=S)Nc1cccc(Br)c1. The van der Waals surface area contributed by atoms with Crippen molar-refractivity contribution < 1.29 is 14.0 Å². The van der Waals surface area contributed by atoms with Crippen LogP contribution >= 0.6 is 39.9 Å². The van der Waals surface area contributed by atoms with Gasteiger partial charge in [-0.3, -0.25) is 14.5 Å². The van der Waals surface area contributed by atoms with E-state index in [4.69, 9.17) is 12.2 Å². The number of halogens is 2. The molecule has 27 heavy (non-hydrogen) atoms. The number of nitrogens with zero attached hydrogens (tertiary/aromatic N) is 1. The van der Waals surface area contributed by atoms with Crippen molar-refractivity contribution in [3.05, 3.63) is 69.3 Å². The summed E-state index contributed by atoms with van der Waals surface area (Å²) in [4.78, 5) is 26.4. The molecule has 1 aliphatic heterocycles. The summed E-state index contributed by atoms with van der Waals surface area (Å²) in [5, 5.41) is 2.77. The molecule has 0 radical (unpaired) electrons. The maximum atomic E-state index is 13.8. The lowest BCUT2D eigenvalue weighted by Gasteiger charge is -2.14. The average Bonchev–Trinajstić information content (AvgIpc) is 2.88. The number of thiocarbonyl (C=S) groups is 1. The van der Waals surface area contributed by atoms with E-state index in [0.29, 0.717) is 20.5 Å². The molecular weight excluding hydrogens is 451 g/mol. The summed E-state index contributed by atoms with van der Waals surface area (Å²) in [6.45, 7) is 0.166. The lowest BCUT2D eigenvalue weighted by atomic mass is 10.2. The van der Waals surface area contributed by atoms with Gasteiger partial charge in [0.25, 0.3) is 5.91 Å². The van der Waals surface area contributed by atoms with Crippen molar-refractivity contribution in [3.8, 4) is 0 Å². The van der Waals surface area contributed by atoms with Crippen molar-refractivity contribution >= 4 is 67.8 Å².